The van der Waals surface area contributed by atoms with E-state index in [0.717, 1.165) is 28.2 Å². The van der Waals surface area contributed by atoms with E-state index in [9.17, 15) is 0 Å². The molecule has 0 aromatic carbocycles. The van der Waals surface area contributed by atoms with Gasteiger partial charge in [0.25, 0.3) is 0 Å². The number of nitrogens with one attached hydrogen (secondary N) is 1. The number of fused-ring (bicyclic) bond motifs is 1. The highest BCUT2D eigenvalue weighted by atomic mass is 15.3. The zero-order chi connectivity index (χ0) is 15.1. The van der Waals surface area contributed by atoms with Crippen molar-refractivity contribution in [3.05, 3.63) is 23.3 Å². The van der Waals surface area contributed by atoms with Gasteiger partial charge in [-0.25, -0.2) is 4.98 Å². The molecule has 8 heteroatoms. The van der Waals surface area contributed by atoms with Crippen molar-refractivity contribution in [3.8, 4) is 0 Å². The Morgan fingerprint density at radius 2 is 1.95 bits per heavy atom. The molecule has 0 unspecified atom stereocenters. The molecule has 0 aliphatic rings. The van der Waals surface area contributed by atoms with E-state index in [4.69, 9.17) is 5.73 Å². The molecule has 0 amide bonds. The van der Waals surface area contributed by atoms with Crippen LogP contribution in [0.3, 0.4) is 0 Å². The van der Waals surface area contributed by atoms with Gasteiger partial charge in [-0.05, 0) is 13.8 Å². The standard InChI is InChI=1S/C13H18N8/c1-7-9(6-16-21(7)4)5-15-11-10-12(19-13(14)18-11)20(3)8(2)17-10/h6H,5H2,1-4H3,(H3,14,15,18,19). The Kier molecular flexibility index (Phi) is 3.00. The lowest BCUT2D eigenvalue weighted by molar-refractivity contribution is 0.738. The van der Waals surface area contributed by atoms with E-state index >= 15 is 0 Å². The zero-order valence-electron chi connectivity index (χ0n) is 12.5. The van der Waals surface area contributed by atoms with Crippen molar-refractivity contribution < 1.29 is 0 Å². The van der Waals surface area contributed by atoms with Crippen LogP contribution in [0.2, 0.25) is 0 Å². The first-order valence-corrected chi connectivity index (χ1v) is 6.65. The number of nitrogen functional groups attached to an aromatic ring is 1. The summed E-state index contributed by atoms with van der Waals surface area (Å²) < 4.78 is 3.74. The fourth-order valence-corrected chi connectivity index (χ4v) is 2.21. The third-order valence-electron chi connectivity index (χ3n) is 3.74. The zero-order valence-corrected chi connectivity index (χ0v) is 12.5. The van der Waals surface area contributed by atoms with Crippen LogP contribution in [-0.2, 0) is 20.6 Å². The van der Waals surface area contributed by atoms with Gasteiger partial charge in [-0.15, -0.1) is 0 Å². The number of anilines is 2. The van der Waals surface area contributed by atoms with Crippen molar-refractivity contribution in [2.45, 2.75) is 20.4 Å². The van der Waals surface area contributed by atoms with E-state index in [1.807, 2.05) is 43.4 Å². The molecule has 0 radical (unpaired) electrons. The van der Waals surface area contributed by atoms with Crippen molar-refractivity contribution in [1.82, 2.24) is 29.3 Å². The number of aromatic nitrogens is 6. The largest absolute Gasteiger partial charge is 0.368 e. The Hall–Kier alpha value is -2.64. The van der Waals surface area contributed by atoms with Gasteiger partial charge < -0.3 is 15.6 Å². The maximum Gasteiger partial charge on any atom is 0.224 e. The smallest absolute Gasteiger partial charge is 0.224 e. The fraction of sp³-hybridized carbons (Fsp3) is 0.385. The van der Waals surface area contributed by atoms with E-state index in [1.54, 1.807) is 0 Å². The van der Waals surface area contributed by atoms with Gasteiger partial charge in [0.15, 0.2) is 17.0 Å². The maximum absolute atomic E-state index is 5.79. The molecule has 8 nitrogen and oxygen atoms in total. The predicted molar refractivity (Wildman–Crippen MR) is 80.7 cm³/mol. The molecule has 3 heterocycles. The van der Waals surface area contributed by atoms with Crippen molar-refractivity contribution in [2.75, 3.05) is 11.1 Å². The molecule has 3 aromatic rings. The topological polar surface area (TPSA) is 99.5 Å². The first kappa shape index (κ1) is 13.3. The highest BCUT2D eigenvalue weighted by Crippen LogP contribution is 2.21. The first-order chi connectivity index (χ1) is 9.97. The summed E-state index contributed by atoms with van der Waals surface area (Å²) in [5.74, 6) is 1.74. The molecule has 0 saturated carbocycles. The molecule has 0 aliphatic carbocycles. The van der Waals surface area contributed by atoms with Crippen LogP contribution >= 0.6 is 0 Å². The maximum atomic E-state index is 5.79. The predicted octanol–water partition coefficient (Wildman–Crippen LogP) is 0.908. The minimum atomic E-state index is 0.232. The van der Waals surface area contributed by atoms with Crippen LogP contribution in [0, 0.1) is 13.8 Å². The minimum Gasteiger partial charge on any atom is -0.368 e. The summed E-state index contributed by atoms with van der Waals surface area (Å²) in [5.41, 5.74) is 9.46. The summed E-state index contributed by atoms with van der Waals surface area (Å²) in [6.45, 7) is 4.56. The molecule has 3 rings (SSSR count). The molecular formula is C13H18N8. The highest BCUT2D eigenvalue weighted by Gasteiger charge is 2.13. The average molecular weight is 286 g/mol. The monoisotopic (exact) mass is 286 g/mol. The molecule has 3 aromatic heterocycles. The van der Waals surface area contributed by atoms with Gasteiger partial charge in [-0.1, -0.05) is 0 Å². The van der Waals surface area contributed by atoms with E-state index in [-0.39, 0.29) is 5.95 Å². The number of rotatable bonds is 3. The number of imidazole rings is 1. The van der Waals surface area contributed by atoms with Crippen LogP contribution in [0.1, 0.15) is 17.1 Å². The normalized spacial score (nSPS) is 11.2. The van der Waals surface area contributed by atoms with E-state index in [1.165, 1.54) is 0 Å². The number of hydrogen-bond acceptors (Lipinski definition) is 6. The Morgan fingerprint density at radius 3 is 2.62 bits per heavy atom. The van der Waals surface area contributed by atoms with Gasteiger partial charge >= 0.3 is 0 Å². The molecule has 110 valence electrons. The van der Waals surface area contributed by atoms with Gasteiger partial charge in [0.05, 0.1) is 6.20 Å². The average Bonchev–Trinajstić information content (AvgIpc) is 2.91. The number of hydrogen-bond donors (Lipinski definition) is 2. The molecule has 0 fully saturated rings. The van der Waals surface area contributed by atoms with Gasteiger partial charge in [0.1, 0.15) is 5.82 Å². The summed E-state index contributed by atoms with van der Waals surface area (Å²) >= 11 is 0. The third kappa shape index (κ3) is 2.18. The van der Waals surface area contributed by atoms with Gasteiger partial charge in [-0.3, -0.25) is 4.68 Å². The molecular weight excluding hydrogens is 268 g/mol. The minimum absolute atomic E-state index is 0.232. The van der Waals surface area contributed by atoms with Gasteiger partial charge in [-0.2, -0.15) is 15.1 Å². The van der Waals surface area contributed by atoms with Crippen molar-refractivity contribution >= 4 is 22.9 Å². The van der Waals surface area contributed by atoms with Crippen LogP contribution in [0.4, 0.5) is 11.8 Å². The van der Waals surface area contributed by atoms with Crippen LogP contribution in [0.5, 0.6) is 0 Å². The second-order valence-corrected chi connectivity index (χ2v) is 5.05. The summed E-state index contributed by atoms with van der Waals surface area (Å²) in [6.07, 6.45) is 1.84. The first-order valence-electron chi connectivity index (χ1n) is 6.65. The second-order valence-electron chi connectivity index (χ2n) is 5.05. The number of nitrogens with zero attached hydrogens (tertiary/aromatic N) is 6. The SMILES string of the molecule is Cc1c(CNc2nc(N)nc3c2nc(C)n3C)cnn1C. The molecule has 0 spiro atoms. The number of nitrogens with two attached hydrogens (primary N) is 1. The quantitative estimate of drug-likeness (QED) is 0.742. The molecule has 21 heavy (non-hydrogen) atoms. The summed E-state index contributed by atoms with van der Waals surface area (Å²) in [7, 11) is 3.83. The summed E-state index contributed by atoms with van der Waals surface area (Å²) in [5, 5.41) is 7.51. The highest BCUT2D eigenvalue weighted by molar-refractivity contribution is 5.84. The van der Waals surface area contributed by atoms with Crippen molar-refractivity contribution in [1.29, 1.82) is 0 Å². The molecule has 0 aliphatic heterocycles. The van der Waals surface area contributed by atoms with E-state index in [0.29, 0.717) is 12.4 Å². The Bertz CT molecular complexity index is 813. The lowest BCUT2D eigenvalue weighted by atomic mass is 10.2. The van der Waals surface area contributed by atoms with Crippen LogP contribution < -0.4 is 11.1 Å². The van der Waals surface area contributed by atoms with Gasteiger partial charge in [0.2, 0.25) is 5.95 Å². The Balaban J connectivity index is 1.97. The fourth-order valence-electron chi connectivity index (χ4n) is 2.21. The van der Waals surface area contributed by atoms with Gasteiger partial charge in [0, 0.05) is 31.9 Å². The molecule has 0 saturated heterocycles. The van der Waals surface area contributed by atoms with Crippen molar-refractivity contribution in [3.63, 3.8) is 0 Å². The molecule has 0 atom stereocenters. The van der Waals surface area contributed by atoms with E-state index in [2.05, 4.69) is 25.4 Å². The third-order valence-corrected chi connectivity index (χ3v) is 3.74. The number of aryl methyl sites for hydroxylation is 3. The van der Waals surface area contributed by atoms with Crippen LogP contribution in [-0.4, -0.2) is 29.3 Å². The lowest BCUT2D eigenvalue weighted by Crippen LogP contribution is -2.06. The molecule has 0 bridgehead atoms. The summed E-state index contributed by atoms with van der Waals surface area (Å²) in [6, 6.07) is 0. The van der Waals surface area contributed by atoms with Crippen LogP contribution in [0.15, 0.2) is 6.20 Å². The Morgan fingerprint density at radius 1 is 1.19 bits per heavy atom. The summed E-state index contributed by atoms with van der Waals surface area (Å²) in [4.78, 5) is 13.0. The van der Waals surface area contributed by atoms with E-state index < -0.39 is 0 Å². The van der Waals surface area contributed by atoms with Crippen molar-refractivity contribution in [2.24, 2.45) is 14.1 Å². The lowest BCUT2D eigenvalue weighted by Gasteiger charge is -2.07. The second kappa shape index (κ2) is 4.72. The van der Waals surface area contributed by atoms with Crippen LogP contribution in [0.25, 0.3) is 11.2 Å². The Labute approximate surface area is 122 Å². The molecule has 3 N–H and O–H groups in total.